The molecule has 0 aromatic rings. The van der Waals surface area contributed by atoms with Crippen molar-refractivity contribution in [2.45, 2.75) is 39.0 Å². The molecule has 0 amide bonds. The highest BCUT2D eigenvalue weighted by Gasteiger charge is 2.42. The molecule has 1 N–H and O–H groups in total. The number of nitrogens with zero attached hydrogens (tertiary/aromatic N) is 2. The largest absolute Gasteiger partial charge is 0.481 e. The first-order valence-corrected chi connectivity index (χ1v) is 5.97. The number of hydrogen-bond donors (Lipinski definition) is 1. The quantitative estimate of drug-likeness (QED) is 0.699. The van der Waals surface area contributed by atoms with E-state index in [9.17, 15) is 9.90 Å². The maximum atomic E-state index is 11.2. The first kappa shape index (κ1) is 13.0. The standard InChI is InChI=1S/C12H20N2O2/c1-2-12(11(15)16)6-9-14(10-12)8-5-3-4-7-13/h2-6,8-10H2,1H3,(H,15,16). The zero-order valence-electron chi connectivity index (χ0n) is 9.91. The number of carbonyl (C=O) groups is 1. The van der Waals surface area contributed by atoms with Gasteiger partial charge in [0.2, 0.25) is 0 Å². The maximum Gasteiger partial charge on any atom is 0.310 e. The summed E-state index contributed by atoms with van der Waals surface area (Å²) in [5.41, 5.74) is -0.519. The number of hydrogen-bond acceptors (Lipinski definition) is 3. The molecule has 0 bridgehead atoms. The van der Waals surface area contributed by atoms with Gasteiger partial charge in [-0.05, 0) is 38.8 Å². The molecule has 0 aromatic heterocycles. The van der Waals surface area contributed by atoms with Crippen molar-refractivity contribution in [2.24, 2.45) is 5.41 Å². The van der Waals surface area contributed by atoms with Crippen LogP contribution in [0.25, 0.3) is 0 Å². The molecule has 16 heavy (non-hydrogen) atoms. The van der Waals surface area contributed by atoms with Crippen molar-refractivity contribution in [2.75, 3.05) is 19.6 Å². The first-order valence-electron chi connectivity index (χ1n) is 5.97. The summed E-state index contributed by atoms with van der Waals surface area (Å²) in [7, 11) is 0. The Hall–Kier alpha value is -1.08. The summed E-state index contributed by atoms with van der Waals surface area (Å²) in [6.45, 7) is 4.43. The highest BCUT2D eigenvalue weighted by atomic mass is 16.4. The average Bonchev–Trinajstić information content (AvgIpc) is 2.69. The lowest BCUT2D eigenvalue weighted by atomic mass is 9.84. The minimum absolute atomic E-state index is 0.519. The van der Waals surface area contributed by atoms with E-state index in [-0.39, 0.29) is 0 Å². The summed E-state index contributed by atoms with van der Waals surface area (Å²) in [5.74, 6) is -0.658. The molecule has 0 aromatic carbocycles. The van der Waals surface area contributed by atoms with E-state index in [4.69, 9.17) is 5.26 Å². The van der Waals surface area contributed by atoms with E-state index in [0.717, 1.165) is 32.4 Å². The SMILES string of the molecule is CCC1(C(=O)O)CCN(CCCCC#N)C1. The van der Waals surface area contributed by atoms with E-state index in [0.29, 0.717) is 19.4 Å². The van der Waals surface area contributed by atoms with Gasteiger partial charge in [-0.1, -0.05) is 6.92 Å². The van der Waals surface area contributed by atoms with E-state index < -0.39 is 11.4 Å². The lowest BCUT2D eigenvalue weighted by Gasteiger charge is -2.23. The second-order valence-electron chi connectivity index (χ2n) is 4.58. The molecule has 1 unspecified atom stereocenters. The van der Waals surface area contributed by atoms with Gasteiger partial charge in [-0.25, -0.2) is 0 Å². The zero-order chi connectivity index (χ0) is 12.0. The lowest BCUT2D eigenvalue weighted by molar-refractivity contribution is -0.148. The van der Waals surface area contributed by atoms with E-state index in [1.54, 1.807) is 0 Å². The Labute approximate surface area is 96.9 Å². The Morgan fingerprint density at radius 3 is 2.81 bits per heavy atom. The monoisotopic (exact) mass is 224 g/mol. The van der Waals surface area contributed by atoms with Crippen molar-refractivity contribution in [1.82, 2.24) is 4.90 Å². The Bertz CT molecular complexity index is 285. The number of unbranched alkanes of at least 4 members (excludes halogenated alkanes) is 2. The van der Waals surface area contributed by atoms with Crippen LogP contribution in [0.5, 0.6) is 0 Å². The van der Waals surface area contributed by atoms with Gasteiger partial charge < -0.3 is 10.0 Å². The van der Waals surface area contributed by atoms with Gasteiger partial charge in [0.1, 0.15) is 0 Å². The molecule has 0 radical (unpaired) electrons. The number of likely N-dealkylation sites (tertiary alicyclic amines) is 1. The molecule has 1 saturated heterocycles. The summed E-state index contributed by atoms with van der Waals surface area (Å²) in [5, 5.41) is 17.6. The molecule has 1 rings (SSSR count). The van der Waals surface area contributed by atoms with E-state index in [1.807, 2.05) is 6.92 Å². The van der Waals surface area contributed by atoms with E-state index in [1.165, 1.54) is 0 Å². The molecule has 1 heterocycles. The zero-order valence-corrected chi connectivity index (χ0v) is 9.91. The molecule has 1 aliphatic heterocycles. The Kier molecular flexibility index (Phi) is 4.75. The molecule has 0 saturated carbocycles. The van der Waals surface area contributed by atoms with Crippen LogP contribution in [-0.4, -0.2) is 35.6 Å². The molecule has 4 heteroatoms. The molecule has 1 atom stereocenters. The van der Waals surface area contributed by atoms with E-state index in [2.05, 4.69) is 11.0 Å². The molecule has 1 aliphatic rings. The van der Waals surface area contributed by atoms with Gasteiger partial charge in [0.05, 0.1) is 11.5 Å². The van der Waals surface area contributed by atoms with Gasteiger partial charge in [-0.2, -0.15) is 5.26 Å². The van der Waals surface area contributed by atoms with Crippen LogP contribution in [0.3, 0.4) is 0 Å². The van der Waals surface area contributed by atoms with Crippen molar-refractivity contribution in [3.8, 4) is 6.07 Å². The van der Waals surface area contributed by atoms with Gasteiger partial charge in [-0.3, -0.25) is 4.79 Å². The summed E-state index contributed by atoms with van der Waals surface area (Å²) >= 11 is 0. The van der Waals surface area contributed by atoms with Crippen LogP contribution in [-0.2, 0) is 4.79 Å². The van der Waals surface area contributed by atoms with Crippen molar-refractivity contribution < 1.29 is 9.90 Å². The Balaban J connectivity index is 2.34. The molecular formula is C12H20N2O2. The van der Waals surface area contributed by atoms with Crippen LogP contribution >= 0.6 is 0 Å². The van der Waals surface area contributed by atoms with E-state index >= 15 is 0 Å². The van der Waals surface area contributed by atoms with Crippen molar-refractivity contribution in [1.29, 1.82) is 5.26 Å². The highest BCUT2D eigenvalue weighted by molar-refractivity contribution is 5.75. The molecule has 0 aliphatic carbocycles. The van der Waals surface area contributed by atoms with Crippen molar-refractivity contribution in [3.63, 3.8) is 0 Å². The van der Waals surface area contributed by atoms with Crippen molar-refractivity contribution in [3.05, 3.63) is 0 Å². The van der Waals surface area contributed by atoms with Gasteiger partial charge >= 0.3 is 5.97 Å². The summed E-state index contributed by atoms with van der Waals surface area (Å²) in [4.78, 5) is 13.4. The third-order valence-electron chi connectivity index (χ3n) is 3.58. The number of aliphatic carboxylic acids is 1. The van der Waals surface area contributed by atoms with Gasteiger partial charge in [0.25, 0.3) is 0 Å². The second kappa shape index (κ2) is 5.86. The molecule has 90 valence electrons. The number of carboxylic acids is 1. The second-order valence-corrected chi connectivity index (χ2v) is 4.58. The van der Waals surface area contributed by atoms with Gasteiger partial charge in [0, 0.05) is 13.0 Å². The van der Waals surface area contributed by atoms with Gasteiger partial charge in [-0.15, -0.1) is 0 Å². The van der Waals surface area contributed by atoms with Crippen LogP contribution in [0, 0.1) is 16.7 Å². The summed E-state index contributed by atoms with van der Waals surface area (Å²) in [6.07, 6.45) is 3.98. The normalized spacial score (nSPS) is 25.5. The minimum atomic E-state index is -0.658. The fraction of sp³-hybridized carbons (Fsp3) is 0.833. The number of nitriles is 1. The smallest absolute Gasteiger partial charge is 0.310 e. The lowest BCUT2D eigenvalue weighted by Crippen LogP contribution is -2.34. The third-order valence-corrected chi connectivity index (χ3v) is 3.58. The first-order chi connectivity index (χ1) is 7.64. The van der Waals surface area contributed by atoms with Crippen LogP contribution < -0.4 is 0 Å². The maximum absolute atomic E-state index is 11.2. The highest BCUT2D eigenvalue weighted by Crippen LogP contribution is 2.34. The van der Waals surface area contributed by atoms with Gasteiger partial charge in [0.15, 0.2) is 0 Å². The topological polar surface area (TPSA) is 64.3 Å². The number of rotatable bonds is 6. The van der Waals surface area contributed by atoms with Crippen molar-refractivity contribution >= 4 is 5.97 Å². The van der Waals surface area contributed by atoms with Crippen LogP contribution in [0.1, 0.15) is 39.0 Å². The average molecular weight is 224 g/mol. The third kappa shape index (κ3) is 2.96. The predicted octanol–water partition coefficient (Wildman–Crippen LogP) is 1.87. The Morgan fingerprint density at radius 2 is 2.31 bits per heavy atom. The van der Waals surface area contributed by atoms with Crippen LogP contribution in [0.2, 0.25) is 0 Å². The molecule has 4 nitrogen and oxygen atoms in total. The summed E-state index contributed by atoms with van der Waals surface area (Å²) in [6, 6.07) is 2.13. The minimum Gasteiger partial charge on any atom is -0.481 e. The molecular weight excluding hydrogens is 204 g/mol. The summed E-state index contributed by atoms with van der Waals surface area (Å²) < 4.78 is 0. The fourth-order valence-corrected chi connectivity index (χ4v) is 2.30. The number of carboxylic acid groups (broad SMARTS) is 1. The van der Waals surface area contributed by atoms with Crippen LogP contribution in [0.4, 0.5) is 0 Å². The molecule has 1 fully saturated rings. The Morgan fingerprint density at radius 1 is 1.56 bits per heavy atom. The van der Waals surface area contributed by atoms with Crippen LogP contribution in [0.15, 0.2) is 0 Å². The predicted molar refractivity (Wildman–Crippen MR) is 60.9 cm³/mol. The fourth-order valence-electron chi connectivity index (χ4n) is 2.30. The molecule has 0 spiro atoms.